The second kappa shape index (κ2) is 4.97. The number of rotatable bonds is 3. The van der Waals surface area contributed by atoms with E-state index in [9.17, 15) is 4.79 Å². The molecule has 1 aromatic carbocycles. The van der Waals surface area contributed by atoms with Gasteiger partial charge in [-0.25, -0.2) is 4.79 Å². The van der Waals surface area contributed by atoms with E-state index in [0.29, 0.717) is 17.9 Å². The fourth-order valence-corrected chi connectivity index (χ4v) is 2.31. The Bertz CT molecular complexity index is 817. The number of nitrogen functional groups attached to an aromatic ring is 1. The van der Waals surface area contributed by atoms with Crippen LogP contribution in [0, 0.1) is 0 Å². The molecule has 6 heteroatoms. The van der Waals surface area contributed by atoms with Crippen molar-refractivity contribution in [1.29, 1.82) is 0 Å². The first-order valence-corrected chi connectivity index (χ1v) is 6.58. The van der Waals surface area contributed by atoms with Crippen LogP contribution in [0.1, 0.15) is 17.5 Å². The predicted molar refractivity (Wildman–Crippen MR) is 78.8 cm³/mol. The van der Waals surface area contributed by atoms with Crippen LogP contribution < -0.4 is 5.73 Å². The van der Waals surface area contributed by atoms with Gasteiger partial charge >= 0.3 is 5.97 Å². The van der Waals surface area contributed by atoms with Crippen molar-refractivity contribution in [3.05, 3.63) is 36.2 Å². The molecule has 3 rings (SSSR count). The first-order valence-electron chi connectivity index (χ1n) is 6.58. The summed E-state index contributed by atoms with van der Waals surface area (Å²) < 4.78 is 12.4. The molecule has 0 amide bonds. The minimum atomic E-state index is -0.483. The highest BCUT2D eigenvalue weighted by Crippen LogP contribution is 2.33. The van der Waals surface area contributed by atoms with E-state index in [2.05, 4.69) is 5.10 Å². The van der Waals surface area contributed by atoms with Gasteiger partial charge in [0.25, 0.3) is 0 Å². The molecule has 3 aromatic rings. The van der Waals surface area contributed by atoms with Gasteiger partial charge in [0, 0.05) is 29.9 Å². The van der Waals surface area contributed by atoms with Crippen molar-refractivity contribution < 1.29 is 13.9 Å². The molecule has 0 saturated heterocycles. The molecule has 21 heavy (non-hydrogen) atoms. The lowest BCUT2D eigenvalue weighted by molar-refractivity contribution is 0.0493. The van der Waals surface area contributed by atoms with Gasteiger partial charge in [-0.1, -0.05) is 0 Å². The molecule has 0 fully saturated rings. The lowest BCUT2D eigenvalue weighted by atomic mass is 10.1. The fraction of sp³-hybridized carbons (Fsp3) is 0.200. The molecule has 2 N–H and O–H groups in total. The molecule has 0 radical (unpaired) electrons. The quantitative estimate of drug-likeness (QED) is 0.590. The van der Waals surface area contributed by atoms with Crippen molar-refractivity contribution in [2.75, 3.05) is 12.3 Å². The highest BCUT2D eigenvalue weighted by Gasteiger charge is 2.18. The molecule has 2 aromatic heterocycles. The summed E-state index contributed by atoms with van der Waals surface area (Å²) in [7, 11) is 1.83. The number of nitrogens with two attached hydrogens (primary N) is 1. The maximum atomic E-state index is 11.8. The molecule has 0 atom stereocenters. The van der Waals surface area contributed by atoms with Crippen molar-refractivity contribution in [3.8, 4) is 11.3 Å². The Labute approximate surface area is 121 Å². The smallest absolute Gasteiger partial charge is 0.374 e. The number of furan rings is 1. The third kappa shape index (κ3) is 2.24. The van der Waals surface area contributed by atoms with Gasteiger partial charge in [0.1, 0.15) is 5.58 Å². The van der Waals surface area contributed by atoms with Crippen LogP contribution in [0.15, 0.2) is 34.9 Å². The molecule has 108 valence electrons. The maximum absolute atomic E-state index is 11.8. The summed E-state index contributed by atoms with van der Waals surface area (Å²) in [5.74, 6) is -0.316. The van der Waals surface area contributed by atoms with Crippen LogP contribution in [0.3, 0.4) is 0 Å². The molecule has 0 aliphatic carbocycles. The van der Waals surface area contributed by atoms with E-state index in [1.807, 2.05) is 13.1 Å². The van der Waals surface area contributed by atoms with Crippen LogP contribution >= 0.6 is 0 Å². The number of aromatic nitrogens is 2. The minimum absolute atomic E-state index is 0.167. The second-order valence-corrected chi connectivity index (χ2v) is 4.66. The van der Waals surface area contributed by atoms with Crippen LogP contribution in [-0.4, -0.2) is 22.4 Å². The minimum Gasteiger partial charge on any atom is -0.460 e. The third-order valence-electron chi connectivity index (χ3n) is 3.21. The van der Waals surface area contributed by atoms with Crippen molar-refractivity contribution in [2.24, 2.45) is 7.05 Å². The van der Waals surface area contributed by atoms with Crippen LogP contribution in [0.4, 0.5) is 5.69 Å². The van der Waals surface area contributed by atoms with Gasteiger partial charge in [-0.05, 0) is 31.2 Å². The van der Waals surface area contributed by atoms with Crippen LogP contribution in [0.2, 0.25) is 0 Å². The number of esters is 1. The number of nitrogens with zero attached hydrogens (tertiary/aromatic N) is 2. The van der Waals surface area contributed by atoms with Crippen molar-refractivity contribution in [2.45, 2.75) is 6.92 Å². The topological polar surface area (TPSA) is 83.3 Å². The maximum Gasteiger partial charge on any atom is 0.374 e. The monoisotopic (exact) mass is 285 g/mol. The van der Waals surface area contributed by atoms with Gasteiger partial charge in [-0.2, -0.15) is 5.10 Å². The molecule has 0 bridgehead atoms. The Hall–Kier alpha value is -2.76. The van der Waals surface area contributed by atoms with Gasteiger partial charge in [0.05, 0.1) is 12.3 Å². The molecule has 2 heterocycles. The largest absolute Gasteiger partial charge is 0.460 e. The molecule has 0 spiro atoms. The Balaban J connectivity index is 2.21. The zero-order valence-electron chi connectivity index (χ0n) is 11.8. The number of carbonyl (C=O) groups is 1. The van der Waals surface area contributed by atoms with Gasteiger partial charge in [0.15, 0.2) is 0 Å². The van der Waals surface area contributed by atoms with E-state index >= 15 is 0 Å². The lowest BCUT2D eigenvalue weighted by Crippen LogP contribution is -2.02. The standard InChI is InChI=1S/C15H15N3O3/c1-3-20-15(19)13-7-9-6-10(16)8-11(14(9)21-13)12-4-5-17-18(12)2/h4-8H,3,16H2,1-2H3. The highest BCUT2D eigenvalue weighted by molar-refractivity contribution is 5.99. The zero-order chi connectivity index (χ0) is 15.0. The fourth-order valence-electron chi connectivity index (χ4n) is 2.31. The summed E-state index contributed by atoms with van der Waals surface area (Å²) in [5.41, 5.74) is 8.77. The number of carbonyl (C=O) groups excluding carboxylic acids is 1. The third-order valence-corrected chi connectivity index (χ3v) is 3.21. The van der Waals surface area contributed by atoms with Gasteiger partial charge < -0.3 is 14.9 Å². The van der Waals surface area contributed by atoms with Gasteiger partial charge in [0.2, 0.25) is 5.76 Å². The number of ether oxygens (including phenoxy) is 1. The summed E-state index contributed by atoms with van der Waals surface area (Å²) in [6.45, 7) is 2.05. The molecule has 0 unspecified atom stereocenters. The number of hydrogen-bond donors (Lipinski definition) is 1. The molecular formula is C15H15N3O3. The van der Waals surface area contributed by atoms with E-state index < -0.39 is 5.97 Å². The SMILES string of the molecule is CCOC(=O)c1cc2cc(N)cc(-c3ccnn3C)c2o1. The molecule has 0 aliphatic heterocycles. The summed E-state index contributed by atoms with van der Waals surface area (Å²) in [4.78, 5) is 11.8. The van der Waals surface area contributed by atoms with E-state index in [1.54, 1.807) is 36.0 Å². The first kappa shape index (κ1) is 13.2. The van der Waals surface area contributed by atoms with E-state index in [1.165, 1.54) is 0 Å². The molecular weight excluding hydrogens is 270 g/mol. The zero-order valence-corrected chi connectivity index (χ0v) is 11.8. The Morgan fingerprint density at radius 2 is 2.24 bits per heavy atom. The van der Waals surface area contributed by atoms with Gasteiger partial charge in [-0.3, -0.25) is 4.68 Å². The second-order valence-electron chi connectivity index (χ2n) is 4.66. The Morgan fingerprint density at radius 3 is 2.90 bits per heavy atom. The summed E-state index contributed by atoms with van der Waals surface area (Å²) in [6, 6.07) is 7.07. The van der Waals surface area contributed by atoms with Crippen molar-refractivity contribution in [3.63, 3.8) is 0 Å². The van der Waals surface area contributed by atoms with Crippen molar-refractivity contribution in [1.82, 2.24) is 9.78 Å². The van der Waals surface area contributed by atoms with E-state index in [-0.39, 0.29) is 5.76 Å². The highest BCUT2D eigenvalue weighted by atomic mass is 16.5. The number of aryl methyl sites for hydroxylation is 1. The predicted octanol–water partition coefficient (Wildman–Crippen LogP) is 2.59. The molecule has 0 saturated carbocycles. The van der Waals surface area contributed by atoms with Crippen LogP contribution in [-0.2, 0) is 11.8 Å². The van der Waals surface area contributed by atoms with E-state index in [0.717, 1.165) is 16.6 Å². The number of benzene rings is 1. The first-order chi connectivity index (χ1) is 10.1. The average molecular weight is 285 g/mol. The summed E-state index contributed by atoms with van der Waals surface area (Å²) >= 11 is 0. The van der Waals surface area contributed by atoms with Gasteiger partial charge in [-0.15, -0.1) is 0 Å². The number of fused-ring (bicyclic) bond motifs is 1. The average Bonchev–Trinajstić information content (AvgIpc) is 3.04. The van der Waals surface area contributed by atoms with E-state index in [4.69, 9.17) is 14.9 Å². The van der Waals surface area contributed by atoms with Crippen LogP contribution in [0.5, 0.6) is 0 Å². The summed E-state index contributed by atoms with van der Waals surface area (Å²) in [6.07, 6.45) is 1.69. The summed E-state index contributed by atoms with van der Waals surface area (Å²) in [5, 5.41) is 4.90. The number of anilines is 1. The van der Waals surface area contributed by atoms with Crippen molar-refractivity contribution >= 4 is 22.6 Å². The van der Waals surface area contributed by atoms with Crippen LogP contribution in [0.25, 0.3) is 22.2 Å². The molecule has 6 nitrogen and oxygen atoms in total. The molecule has 0 aliphatic rings. The Morgan fingerprint density at radius 1 is 1.43 bits per heavy atom. The lowest BCUT2D eigenvalue weighted by Gasteiger charge is -2.04. The normalized spacial score (nSPS) is 11.0. The Kier molecular flexibility index (Phi) is 3.13. The number of hydrogen-bond acceptors (Lipinski definition) is 5.